The fourth-order valence-electron chi connectivity index (χ4n) is 2.76. The minimum Gasteiger partial charge on any atom is -0.444 e. The largest absolute Gasteiger partial charge is 0.444 e. The molecule has 1 rings (SSSR count). The third-order valence-electron chi connectivity index (χ3n) is 4.06. The molecule has 0 radical (unpaired) electrons. The summed E-state index contributed by atoms with van der Waals surface area (Å²) in [7, 11) is -3.14. The molecule has 8 nitrogen and oxygen atoms in total. The van der Waals surface area contributed by atoms with Gasteiger partial charge in [0, 0.05) is 18.3 Å². The van der Waals surface area contributed by atoms with Crippen LogP contribution in [0, 0.1) is 0 Å². The Morgan fingerprint density at radius 3 is 1.97 bits per heavy atom. The lowest BCUT2D eigenvalue weighted by Gasteiger charge is -2.30. The Balaban J connectivity index is 3.32. The van der Waals surface area contributed by atoms with Gasteiger partial charge in [-0.05, 0) is 81.4 Å². The van der Waals surface area contributed by atoms with E-state index in [1.807, 2.05) is 27.7 Å². The number of urea groups is 1. The fourth-order valence-corrected chi connectivity index (χ4v) is 4.61. The maximum absolute atomic E-state index is 13.9. The van der Waals surface area contributed by atoms with Crippen LogP contribution in [0.3, 0.4) is 0 Å². The molecule has 9 heteroatoms. The highest BCUT2D eigenvalue weighted by atomic mass is 32.2. The van der Waals surface area contributed by atoms with Gasteiger partial charge in [0.05, 0.1) is 19.4 Å². The van der Waals surface area contributed by atoms with E-state index in [1.165, 1.54) is 12.3 Å². The molecule has 30 heavy (non-hydrogen) atoms. The molecule has 0 saturated carbocycles. The molecule has 0 aliphatic rings. The molecule has 0 unspecified atom stereocenters. The monoisotopic (exact) mass is 440 g/mol. The van der Waals surface area contributed by atoms with Crippen molar-refractivity contribution in [1.82, 2.24) is 9.88 Å². The second kappa shape index (κ2) is 9.32. The molecule has 0 aliphatic heterocycles. The standard InChI is InChI=1S/C21H36N4O4S/c1-14(2)25(15(3)4)18(26)24-30(28,21(8,9)10)16-11-12-17(22-13-16)23-19(27)29-20(5,6)7/h11-15H,1-10H3,(H,22,23,27)/t30-/m0/s1. The Morgan fingerprint density at radius 1 is 1.07 bits per heavy atom. The predicted octanol–water partition coefficient (Wildman–Crippen LogP) is 5.29. The van der Waals surface area contributed by atoms with Crippen molar-refractivity contribution in [1.29, 1.82) is 0 Å². The molecule has 1 heterocycles. The number of hydrogen-bond donors (Lipinski definition) is 1. The highest BCUT2D eigenvalue weighted by Crippen LogP contribution is 2.29. The first-order chi connectivity index (χ1) is 13.5. The van der Waals surface area contributed by atoms with Crippen LogP contribution in [0.4, 0.5) is 15.4 Å². The van der Waals surface area contributed by atoms with Crippen molar-refractivity contribution < 1.29 is 18.5 Å². The van der Waals surface area contributed by atoms with Crippen molar-refractivity contribution >= 4 is 27.7 Å². The van der Waals surface area contributed by atoms with E-state index in [9.17, 15) is 13.8 Å². The SMILES string of the molecule is CC(C)N(C(=O)N=[S@](=O)(c1ccc(NC(=O)OC(C)(C)C)nc1)C(C)(C)C)C(C)C. The summed E-state index contributed by atoms with van der Waals surface area (Å²) in [4.78, 5) is 30.9. The van der Waals surface area contributed by atoms with Gasteiger partial charge in [0.1, 0.15) is 11.4 Å². The summed E-state index contributed by atoms with van der Waals surface area (Å²) in [5.74, 6) is 0.251. The van der Waals surface area contributed by atoms with Crippen molar-refractivity contribution in [2.75, 3.05) is 5.32 Å². The Morgan fingerprint density at radius 2 is 1.60 bits per heavy atom. The fraction of sp³-hybridized carbons (Fsp3) is 0.667. The van der Waals surface area contributed by atoms with Gasteiger partial charge in [-0.3, -0.25) is 5.32 Å². The molecule has 0 aromatic carbocycles. The van der Waals surface area contributed by atoms with Crippen LogP contribution >= 0.6 is 0 Å². The zero-order valence-corrected chi connectivity index (χ0v) is 20.6. The molecule has 0 aliphatic carbocycles. The van der Waals surface area contributed by atoms with Crippen molar-refractivity contribution in [2.45, 2.75) is 96.6 Å². The molecule has 1 atom stereocenters. The van der Waals surface area contributed by atoms with Gasteiger partial charge in [-0.15, -0.1) is 4.36 Å². The number of carbonyl (C=O) groups is 2. The Kier molecular flexibility index (Phi) is 8.04. The van der Waals surface area contributed by atoms with Gasteiger partial charge in [-0.2, -0.15) is 0 Å². The summed E-state index contributed by atoms with van der Waals surface area (Å²) in [6.45, 7) is 18.2. The first-order valence-corrected chi connectivity index (χ1v) is 11.5. The summed E-state index contributed by atoms with van der Waals surface area (Å²) >= 11 is 0. The summed E-state index contributed by atoms with van der Waals surface area (Å²) in [5, 5.41) is 2.53. The summed E-state index contributed by atoms with van der Waals surface area (Å²) in [6, 6.07) is 2.41. The molecule has 0 spiro atoms. The van der Waals surface area contributed by atoms with E-state index in [0.717, 1.165) is 0 Å². The van der Waals surface area contributed by atoms with Crippen molar-refractivity contribution in [3.05, 3.63) is 18.3 Å². The van der Waals surface area contributed by atoms with Crippen LogP contribution in [0.25, 0.3) is 0 Å². The number of amides is 3. The van der Waals surface area contributed by atoms with E-state index < -0.39 is 32.2 Å². The molecule has 1 N–H and O–H groups in total. The maximum atomic E-state index is 13.9. The maximum Gasteiger partial charge on any atom is 0.413 e. The number of hydrogen-bond acceptors (Lipinski definition) is 5. The molecular weight excluding hydrogens is 404 g/mol. The summed E-state index contributed by atoms with van der Waals surface area (Å²) in [5.41, 5.74) is -0.636. The van der Waals surface area contributed by atoms with Crippen molar-refractivity contribution in [3.8, 4) is 0 Å². The van der Waals surface area contributed by atoms with Crippen LogP contribution in [0.2, 0.25) is 0 Å². The first kappa shape index (κ1) is 25.9. The number of anilines is 1. The topological polar surface area (TPSA) is 101 Å². The molecule has 0 fully saturated rings. The van der Waals surface area contributed by atoms with Crippen LogP contribution in [-0.2, 0) is 14.5 Å². The van der Waals surface area contributed by atoms with E-state index in [2.05, 4.69) is 14.7 Å². The number of aromatic nitrogens is 1. The molecule has 1 aromatic heterocycles. The lowest BCUT2D eigenvalue weighted by atomic mass is 10.2. The number of carbonyl (C=O) groups excluding carboxylic acids is 2. The van der Waals surface area contributed by atoms with Crippen molar-refractivity contribution in [3.63, 3.8) is 0 Å². The third kappa shape index (κ3) is 6.68. The normalized spacial score (nSPS) is 14.3. The molecule has 3 amide bonds. The summed E-state index contributed by atoms with van der Waals surface area (Å²) < 4.78 is 22.5. The quantitative estimate of drug-likeness (QED) is 0.685. The predicted molar refractivity (Wildman–Crippen MR) is 120 cm³/mol. The molecule has 0 saturated heterocycles. The van der Waals surface area contributed by atoms with E-state index in [0.29, 0.717) is 4.90 Å². The minimum atomic E-state index is -3.14. The Labute approximate surface area is 181 Å². The number of ether oxygens (including phenoxy) is 1. The van der Waals surface area contributed by atoms with Crippen LogP contribution in [0.1, 0.15) is 69.2 Å². The molecule has 0 bridgehead atoms. The lowest BCUT2D eigenvalue weighted by Crippen LogP contribution is -2.41. The summed E-state index contributed by atoms with van der Waals surface area (Å²) in [6.07, 6.45) is 0.746. The lowest BCUT2D eigenvalue weighted by molar-refractivity contribution is 0.0635. The number of pyridine rings is 1. The number of nitrogens with one attached hydrogen (secondary N) is 1. The Bertz CT molecular complexity index is 864. The second-order valence-corrected chi connectivity index (χ2v) is 12.5. The van der Waals surface area contributed by atoms with Crippen molar-refractivity contribution in [2.24, 2.45) is 4.36 Å². The van der Waals surface area contributed by atoms with Crippen LogP contribution < -0.4 is 5.32 Å². The van der Waals surface area contributed by atoms with Gasteiger partial charge in [-0.1, -0.05) is 0 Å². The van der Waals surface area contributed by atoms with E-state index >= 15 is 0 Å². The van der Waals surface area contributed by atoms with Gasteiger partial charge >= 0.3 is 12.1 Å². The zero-order valence-electron chi connectivity index (χ0n) is 19.8. The minimum absolute atomic E-state index is 0.0802. The first-order valence-electron chi connectivity index (χ1n) is 10.0. The Hall–Kier alpha value is -2.16. The van der Waals surface area contributed by atoms with Gasteiger partial charge in [0.2, 0.25) is 0 Å². The molecular formula is C21H36N4O4S. The highest BCUT2D eigenvalue weighted by Gasteiger charge is 2.32. The molecule has 170 valence electrons. The molecule has 1 aromatic rings. The van der Waals surface area contributed by atoms with Gasteiger partial charge in [0.15, 0.2) is 0 Å². The van der Waals surface area contributed by atoms with Crippen LogP contribution in [0.15, 0.2) is 27.6 Å². The average Bonchev–Trinajstić information content (AvgIpc) is 2.51. The van der Waals surface area contributed by atoms with E-state index in [4.69, 9.17) is 4.74 Å². The highest BCUT2D eigenvalue weighted by molar-refractivity contribution is 7.95. The van der Waals surface area contributed by atoms with E-state index in [1.54, 1.807) is 52.5 Å². The van der Waals surface area contributed by atoms with E-state index in [-0.39, 0.29) is 17.9 Å². The van der Waals surface area contributed by atoms with Crippen LogP contribution in [-0.4, -0.2) is 48.6 Å². The second-order valence-electron chi connectivity index (χ2n) is 9.61. The zero-order chi connectivity index (χ0) is 23.5. The smallest absolute Gasteiger partial charge is 0.413 e. The number of rotatable bonds is 4. The third-order valence-corrected chi connectivity index (χ3v) is 7.01. The average molecular weight is 441 g/mol. The number of nitrogens with zero attached hydrogens (tertiary/aromatic N) is 3. The van der Waals surface area contributed by atoms with Gasteiger partial charge in [0.25, 0.3) is 0 Å². The van der Waals surface area contributed by atoms with Crippen LogP contribution in [0.5, 0.6) is 0 Å². The van der Waals surface area contributed by atoms with Gasteiger partial charge < -0.3 is 9.64 Å². The van der Waals surface area contributed by atoms with Gasteiger partial charge in [-0.25, -0.2) is 18.8 Å².